The van der Waals surface area contributed by atoms with E-state index in [0.717, 1.165) is 25.9 Å². The highest BCUT2D eigenvalue weighted by atomic mass is 16.5. The summed E-state index contributed by atoms with van der Waals surface area (Å²) in [6.07, 6.45) is 1.16. The van der Waals surface area contributed by atoms with Gasteiger partial charge >= 0.3 is 0 Å². The Morgan fingerprint density at radius 1 is 1.33 bits per heavy atom. The fourth-order valence-corrected chi connectivity index (χ4v) is 2.45. The van der Waals surface area contributed by atoms with E-state index < -0.39 is 12.0 Å². The van der Waals surface area contributed by atoms with Crippen LogP contribution in [-0.4, -0.2) is 39.3 Å². The summed E-state index contributed by atoms with van der Waals surface area (Å²) in [4.78, 5) is 11.7. The van der Waals surface area contributed by atoms with Gasteiger partial charge in [0.1, 0.15) is 0 Å². The summed E-state index contributed by atoms with van der Waals surface area (Å²) in [6, 6.07) is 5.24. The number of ether oxygens (including phenoxy) is 3. The summed E-state index contributed by atoms with van der Waals surface area (Å²) >= 11 is 0. The van der Waals surface area contributed by atoms with Gasteiger partial charge in [0.25, 0.3) is 5.91 Å². The van der Waals surface area contributed by atoms with E-state index in [1.807, 2.05) is 0 Å². The van der Waals surface area contributed by atoms with Crippen LogP contribution in [0.15, 0.2) is 18.2 Å². The monoisotopic (exact) mass is 294 g/mol. The highest BCUT2D eigenvalue weighted by Crippen LogP contribution is 2.31. The first-order valence-corrected chi connectivity index (χ1v) is 7.03. The van der Waals surface area contributed by atoms with Crippen LogP contribution in [0.3, 0.4) is 0 Å². The van der Waals surface area contributed by atoms with Crippen molar-refractivity contribution in [1.29, 1.82) is 0 Å². The molecule has 3 N–H and O–H groups in total. The number of piperidine rings is 1. The third-order valence-corrected chi connectivity index (χ3v) is 3.55. The minimum Gasteiger partial charge on any atom is -0.493 e. The molecule has 1 aromatic carbocycles. The average molecular weight is 294 g/mol. The lowest BCUT2D eigenvalue weighted by molar-refractivity contribution is -0.134. The molecular formula is C15H22N2O4. The molecule has 21 heavy (non-hydrogen) atoms. The summed E-state index contributed by atoms with van der Waals surface area (Å²) in [7, 11) is 3.11. The molecular weight excluding hydrogens is 272 g/mol. The van der Waals surface area contributed by atoms with Crippen molar-refractivity contribution in [2.45, 2.75) is 25.0 Å². The van der Waals surface area contributed by atoms with Gasteiger partial charge in [-0.15, -0.1) is 0 Å². The van der Waals surface area contributed by atoms with Gasteiger partial charge in [-0.05, 0) is 37.1 Å². The van der Waals surface area contributed by atoms with E-state index in [4.69, 9.17) is 19.9 Å². The van der Waals surface area contributed by atoms with Crippen LogP contribution in [0.1, 0.15) is 24.5 Å². The van der Waals surface area contributed by atoms with Crippen molar-refractivity contribution in [2.75, 3.05) is 27.3 Å². The Hall–Kier alpha value is -1.79. The van der Waals surface area contributed by atoms with Gasteiger partial charge in [-0.25, -0.2) is 0 Å². The average Bonchev–Trinajstić information content (AvgIpc) is 2.52. The Morgan fingerprint density at radius 3 is 2.67 bits per heavy atom. The minimum absolute atomic E-state index is 0.00986. The zero-order valence-corrected chi connectivity index (χ0v) is 12.4. The molecule has 1 amide bonds. The first kappa shape index (κ1) is 15.6. The molecule has 116 valence electrons. The number of carbonyl (C=O) groups is 1. The molecule has 0 aliphatic carbocycles. The second kappa shape index (κ2) is 7.28. The third kappa shape index (κ3) is 3.86. The molecule has 2 rings (SSSR count). The summed E-state index contributed by atoms with van der Waals surface area (Å²) in [5.74, 6) is 0.642. The standard InChI is InChI=1S/C15H22N2O4/c1-19-12-6-5-10(8-13(12)20-2)14(15(16)18)21-11-4-3-7-17-9-11/h5-6,8,11,14,17H,3-4,7,9H2,1-2H3,(H2,16,18)/t11-,14-/m0/s1. The van der Waals surface area contributed by atoms with Gasteiger partial charge in [0.15, 0.2) is 17.6 Å². The van der Waals surface area contributed by atoms with E-state index in [9.17, 15) is 4.79 Å². The van der Waals surface area contributed by atoms with Gasteiger partial charge in [0.05, 0.1) is 20.3 Å². The Labute approximate surface area is 124 Å². The van der Waals surface area contributed by atoms with Gasteiger partial charge < -0.3 is 25.3 Å². The largest absolute Gasteiger partial charge is 0.493 e. The Balaban J connectivity index is 2.19. The molecule has 0 bridgehead atoms. The second-order valence-electron chi connectivity index (χ2n) is 5.00. The molecule has 0 radical (unpaired) electrons. The molecule has 6 heteroatoms. The minimum atomic E-state index is -0.783. The topological polar surface area (TPSA) is 82.8 Å². The van der Waals surface area contributed by atoms with Crippen molar-refractivity contribution in [3.63, 3.8) is 0 Å². The number of benzene rings is 1. The number of nitrogens with one attached hydrogen (secondary N) is 1. The molecule has 2 atom stereocenters. The molecule has 0 unspecified atom stereocenters. The first-order valence-electron chi connectivity index (χ1n) is 7.03. The van der Waals surface area contributed by atoms with Crippen LogP contribution in [0.2, 0.25) is 0 Å². The zero-order chi connectivity index (χ0) is 15.2. The lowest BCUT2D eigenvalue weighted by Crippen LogP contribution is -2.38. The number of hydrogen-bond acceptors (Lipinski definition) is 5. The highest BCUT2D eigenvalue weighted by molar-refractivity contribution is 5.80. The van der Waals surface area contributed by atoms with Crippen LogP contribution in [0.4, 0.5) is 0 Å². The molecule has 1 fully saturated rings. The van der Waals surface area contributed by atoms with Crippen LogP contribution in [0, 0.1) is 0 Å². The lowest BCUT2D eigenvalue weighted by atomic mass is 10.1. The van der Waals surface area contributed by atoms with E-state index in [1.54, 1.807) is 32.4 Å². The van der Waals surface area contributed by atoms with Crippen LogP contribution in [0.5, 0.6) is 11.5 Å². The predicted molar refractivity (Wildman–Crippen MR) is 78.5 cm³/mol. The zero-order valence-electron chi connectivity index (χ0n) is 12.4. The van der Waals surface area contributed by atoms with Crippen molar-refractivity contribution in [3.8, 4) is 11.5 Å². The van der Waals surface area contributed by atoms with Crippen molar-refractivity contribution in [2.24, 2.45) is 5.73 Å². The summed E-state index contributed by atoms with van der Waals surface area (Å²) < 4.78 is 16.3. The molecule has 1 heterocycles. The summed E-state index contributed by atoms with van der Waals surface area (Å²) in [5, 5.41) is 3.25. The lowest BCUT2D eigenvalue weighted by Gasteiger charge is -2.27. The number of hydrogen-bond donors (Lipinski definition) is 2. The van der Waals surface area contributed by atoms with Crippen LogP contribution in [-0.2, 0) is 9.53 Å². The number of methoxy groups -OCH3 is 2. The van der Waals surface area contributed by atoms with Crippen molar-refractivity contribution in [3.05, 3.63) is 23.8 Å². The van der Waals surface area contributed by atoms with E-state index in [-0.39, 0.29) is 6.10 Å². The quantitative estimate of drug-likeness (QED) is 0.818. The molecule has 6 nitrogen and oxygen atoms in total. The van der Waals surface area contributed by atoms with E-state index in [2.05, 4.69) is 5.32 Å². The Morgan fingerprint density at radius 2 is 2.10 bits per heavy atom. The van der Waals surface area contributed by atoms with Crippen molar-refractivity contribution >= 4 is 5.91 Å². The van der Waals surface area contributed by atoms with Crippen LogP contribution < -0.4 is 20.5 Å². The summed E-state index contributed by atoms with van der Waals surface area (Å²) in [5.41, 5.74) is 6.16. The van der Waals surface area contributed by atoms with Gasteiger partial charge in [0.2, 0.25) is 0 Å². The van der Waals surface area contributed by atoms with Crippen LogP contribution in [0.25, 0.3) is 0 Å². The van der Waals surface area contributed by atoms with Crippen LogP contribution >= 0.6 is 0 Å². The number of amides is 1. The molecule has 0 aromatic heterocycles. The van der Waals surface area contributed by atoms with Gasteiger partial charge in [-0.1, -0.05) is 6.07 Å². The molecule has 0 saturated carbocycles. The van der Waals surface area contributed by atoms with Gasteiger partial charge in [-0.3, -0.25) is 4.79 Å². The van der Waals surface area contributed by atoms with E-state index >= 15 is 0 Å². The van der Waals surface area contributed by atoms with Gasteiger partial charge in [0, 0.05) is 6.54 Å². The maximum Gasteiger partial charge on any atom is 0.251 e. The van der Waals surface area contributed by atoms with Gasteiger partial charge in [-0.2, -0.15) is 0 Å². The third-order valence-electron chi connectivity index (χ3n) is 3.55. The number of nitrogens with two attached hydrogens (primary N) is 1. The van der Waals surface area contributed by atoms with Crippen molar-refractivity contribution in [1.82, 2.24) is 5.32 Å². The Kier molecular flexibility index (Phi) is 5.41. The molecule has 0 spiro atoms. The Bertz CT molecular complexity index is 487. The number of carbonyl (C=O) groups excluding carboxylic acids is 1. The number of rotatable bonds is 6. The van der Waals surface area contributed by atoms with Crippen molar-refractivity contribution < 1.29 is 19.0 Å². The molecule has 1 aliphatic rings. The predicted octanol–water partition coefficient (Wildman–Crippen LogP) is 0.999. The smallest absolute Gasteiger partial charge is 0.251 e. The summed E-state index contributed by atoms with van der Waals surface area (Å²) in [6.45, 7) is 1.72. The molecule has 1 aliphatic heterocycles. The fraction of sp³-hybridized carbons (Fsp3) is 0.533. The molecule has 1 aromatic rings. The number of primary amides is 1. The maximum atomic E-state index is 11.7. The van der Waals surface area contributed by atoms with E-state index in [1.165, 1.54) is 0 Å². The first-order chi connectivity index (χ1) is 10.2. The highest BCUT2D eigenvalue weighted by Gasteiger charge is 2.25. The van der Waals surface area contributed by atoms with E-state index in [0.29, 0.717) is 17.1 Å². The SMILES string of the molecule is COc1ccc([C@H](O[C@H]2CCCNC2)C(N)=O)cc1OC. The molecule has 1 saturated heterocycles. The maximum absolute atomic E-state index is 11.7. The second-order valence-corrected chi connectivity index (χ2v) is 5.00. The fourth-order valence-electron chi connectivity index (χ4n) is 2.45. The normalized spacial score (nSPS) is 19.8.